The Morgan fingerprint density at radius 1 is 1.17 bits per heavy atom. The summed E-state index contributed by atoms with van der Waals surface area (Å²) in [6.45, 7) is 3.57. The summed E-state index contributed by atoms with van der Waals surface area (Å²) in [5.41, 5.74) is 4.82. The molecule has 0 atom stereocenters. The first-order valence-electron chi connectivity index (χ1n) is 6.94. The second kappa shape index (κ2) is 7.99. The van der Waals surface area contributed by atoms with E-state index in [0.717, 1.165) is 11.1 Å². The van der Waals surface area contributed by atoms with E-state index >= 15 is 0 Å². The topological polar surface area (TPSA) is 50.7 Å². The van der Waals surface area contributed by atoms with E-state index in [1.54, 1.807) is 25.1 Å². The first-order valence-corrected chi connectivity index (χ1v) is 7.70. The van der Waals surface area contributed by atoms with Crippen molar-refractivity contribution in [2.45, 2.75) is 13.8 Å². The van der Waals surface area contributed by atoms with Crippen LogP contribution in [0.25, 0.3) is 0 Å². The predicted molar refractivity (Wildman–Crippen MR) is 93.5 cm³/mol. The van der Waals surface area contributed by atoms with Crippen LogP contribution in [0, 0.1) is 6.92 Å². The van der Waals surface area contributed by atoms with Crippen LogP contribution in [0.2, 0.25) is 10.0 Å². The number of hydrogen-bond donors (Lipinski definition) is 1. The Bertz CT molecular complexity index is 745. The third-order valence-corrected chi connectivity index (χ3v) is 3.88. The Labute approximate surface area is 145 Å². The minimum absolute atomic E-state index is 0.108. The summed E-state index contributed by atoms with van der Waals surface area (Å²) in [6, 6.07) is 12.6. The maximum atomic E-state index is 11.8. The molecular formula is C17H16Cl2N2O2. The number of hydrazone groups is 1. The Morgan fingerprint density at radius 2 is 1.91 bits per heavy atom. The van der Waals surface area contributed by atoms with E-state index in [-0.39, 0.29) is 12.5 Å². The number of amides is 1. The third-order valence-electron chi connectivity index (χ3n) is 3.14. The van der Waals surface area contributed by atoms with Crippen LogP contribution in [0.5, 0.6) is 5.75 Å². The molecule has 0 aliphatic rings. The molecule has 23 heavy (non-hydrogen) atoms. The Kier molecular flexibility index (Phi) is 6.02. The van der Waals surface area contributed by atoms with Crippen molar-refractivity contribution in [3.63, 3.8) is 0 Å². The molecule has 1 amide bonds. The van der Waals surface area contributed by atoms with Gasteiger partial charge in [0.25, 0.3) is 5.91 Å². The van der Waals surface area contributed by atoms with Gasteiger partial charge in [0.15, 0.2) is 6.61 Å². The van der Waals surface area contributed by atoms with Crippen molar-refractivity contribution in [3.05, 3.63) is 63.6 Å². The number of ether oxygens (including phenoxy) is 1. The lowest BCUT2D eigenvalue weighted by atomic mass is 10.1. The average molecular weight is 351 g/mol. The van der Waals surface area contributed by atoms with Crippen LogP contribution in [0.4, 0.5) is 0 Å². The van der Waals surface area contributed by atoms with Gasteiger partial charge in [-0.1, -0.05) is 47.5 Å². The molecule has 0 unspecified atom stereocenters. The number of aryl methyl sites for hydroxylation is 1. The molecule has 1 N–H and O–H groups in total. The molecule has 0 aliphatic carbocycles. The summed E-state index contributed by atoms with van der Waals surface area (Å²) in [7, 11) is 0. The molecule has 0 radical (unpaired) electrons. The van der Waals surface area contributed by atoms with Crippen molar-refractivity contribution in [1.29, 1.82) is 0 Å². The molecule has 0 aromatic heterocycles. The summed E-state index contributed by atoms with van der Waals surface area (Å²) >= 11 is 11.8. The molecular weight excluding hydrogens is 335 g/mol. The normalized spacial score (nSPS) is 11.2. The SMILES string of the molecule is C/C(=N/NC(=O)COc1ccccc1C)c1ccc(Cl)c(Cl)c1. The molecule has 0 saturated carbocycles. The van der Waals surface area contributed by atoms with Crippen LogP contribution in [0.3, 0.4) is 0 Å². The number of nitrogens with one attached hydrogen (secondary N) is 1. The highest BCUT2D eigenvalue weighted by atomic mass is 35.5. The Hall–Kier alpha value is -2.04. The smallest absolute Gasteiger partial charge is 0.277 e. The van der Waals surface area contributed by atoms with E-state index in [4.69, 9.17) is 27.9 Å². The number of nitrogens with zero attached hydrogens (tertiary/aromatic N) is 1. The third kappa shape index (κ3) is 4.98. The van der Waals surface area contributed by atoms with Crippen molar-refractivity contribution in [2.75, 3.05) is 6.61 Å². The molecule has 4 nitrogen and oxygen atoms in total. The summed E-state index contributed by atoms with van der Waals surface area (Å²) in [6.07, 6.45) is 0. The van der Waals surface area contributed by atoms with Crippen LogP contribution >= 0.6 is 23.2 Å². The van der Waals surface area contributed by atoms with Gasteiger partial charge in [-0.3, -0.25) is 4.79 Å². The molecule has 120 valence electrons. The summed E-state index contributed by atoms with van der Waals surface area (Å²) in [5.74, 6) is 0.334. The van der Waals surface area contributed by atoms with Gasteiger partial charge in [-0.05, 0) is 43.2 Å². The molecule has 2 aromatic rings. The van der Waals surface area contributed by atoms with Crippen molar-refractivity contribution >= 4 is 34.8 Å². The molecule has 6 heteroatoms. The maximum absolute atomic E-state index is 11.8. The minimum atomic E-state index is -0.340. The van der Waals surface area contributed by atoms with E-state index in [9.17, 15) is 4.79 Å². The number of benzene rings is 2. The van der Waals surface area contributed by atoms with Gasteiger partial charge in [-0.25, -0.2) is 5.43 Å². The molecule has 0 fully saturated rings. The van der Waals surface area contributed by atoms with Crippen molar-refractivity contribution in [3.8, 4) is 5.75 Å². The number of para-hydroxylation sites is 1. The van der Waals surface area contributed by atoms with Gasteiger partial charge in [-0.2, -0.15) is 5.10 Å². The first-order chi connectivity index (χ1) is 11.0. The van der Waals surface area contributed by atoms with Gasteiger partial charge >= 0.3 is 0 Å². The highest BCUT2D eigenvalue weighted by molar-refractivity contribution is 6.42. The fourth-order valence-electron chi connectivity index (χ4n) is 1.83. The number of hydrogen-bond acceptors (Lipinski definition) is 3. The molecule has 0 heterocycles. The average Bonchev–Trinajstić information content (AvgIpc) is 2.54. The molecule has 0 saturated heterocycles. The molecule has 2 rings (SSSR count). The van der Waals surface area contributed by atoms with Crippen molar-refractivity contribution < 1.29 is 9.53 Å². The van der Waals surface area contributed by atoms with Crippen LogP contribution < -0.4 is 10.2 Å². The standard InChI is InChI=1S/C17H16Cl2N2O2/c1-11-5-3-4-6-16(11)23-10-17(22)21-20-12(2)13-7-8-14(18)15(19)9-13/h3-9H,10H2,1-2H3,(H,21,22)/b20-12-. The summed E-state index contributed by atoms with van der Waals surface area (Å²) < 4.78 is 5.45. The number of rotatable bonds is 5. The van der Waals surface area contributed by atoms with E-state index in [1.807, 2.05) is 31.2 Å². The van der Waals surface area contributed by atoms with Gasteiger partial charge in [0, 0.05) is 0 Å². The van der Waals surface area contributed by atoms with Gasteiger partial charge in [0.05, 0.1) is 15.8 Å². The highest BCUT2D eigenvalue weighted by Gasteiger charge is 2.05. The summed E-state index contributed by atoms with van der Waals surface area (Å²) in [5, 5.41) is 4.94. The minimum Gasteiger partial charge on any atom is -0.483 e. The molecule has 0 spiro atoms. The number of halogens is 2. The molecule has 2 aromatic carbocycles. The fraction of sp³-hybridized carbons (Fsp3) is 0.176. The second-order valence-electron chi connectivity index (χ2n) is 4.92. The lowest BCUT2D eigenvalue weighted by molar-refractivity contribution is -0.123. The van der Waals surface area contributed by atoms with Crippen LogP contribution in [0.15, 0.2) is 47.6 Å². The largest absolute Gasteiger partial charge is 0.483 e. The quantitative estimate of drug-likeness (QED) is 0.648. The maximum Gasteiger partial charge on any atom is 0.277 e. The van der Waals surface area contributed by atoms with Crippen molar-refractivity contribution in [2.24, 2.45) is 5.10 Å². The summed E-state index contributed by atoms with van der Waals surface area (Å²) in [4.78, 5) is 11.8. The molecule has 0 bridgehead atoms. The van der Waals surface area contributed by atoms with Gasteiger partial charge in [0.1, 0.15) is 5.75 Å². The Morgan fingerprint density at radius 3 is 2.61 bits per heavy atom. The monoisotopic (exact) mass is 350 g/mol. The number of carbonyl (C=O) groups excluding carboxylic acids is 1. The number of carbonyl (C=O) groups is 1. The predicted octanol–water partition coefficient (Wildman–Crippen LogP) is 4.22. The zero-order chi connectivity index (χ0) is 16.8. The molecule has 0 aliphatic heterocycles. The van der Waals surface area contributed by atoms with E-state index in [0.29, 0.717) is 21.5 Å². The van der Waals surface area contributed by atoms with Crippen LogP contribution in [0.1, 0.15) is 18.1 Å². The lowest BCUT2D eigenvalue weighted by Gasteiger charge is -2.08. The fourth-order valence-corrected chi connectivity index (χ4v) is 2.12. The zero-order valence-corrected chi connectivity index (χ0v) is 14.3. The first kappa shape index (κ1) is 17.3. The van der Waals surface area contributed by atoms with Gasteiger partial charge in [-0.15, -0.1) is 0 Å². The van der Waals surface area contributed by atoms with Crippen LogP contribution in [-0.2, 0) is 4.79 Å². The van der Waals surface area contributed by atoms with E-state index in [1.165, 1.54) is 0 Å². The van der Waals surface area contributed by atoms with Crippen molar-refractivity contribution in [1.82, 2.24) is 5.43 Å². The highest BCUT2D eigenvalue weighted by Crippen LogP contribution is 2.22. The zero-order valence-electron chi connectivity index (χ0n) is 12.8. The second-order valence-corrected chi connectivity index (χ2v) is 5.73. The van der Waals surface area contributed by atoms with Gasteiger partial charge in [0.2, 0.25) is 0 Å². The van der Waals surface area contributed by atoms with E-state index in [2.05, 4.69) is 10.5 Å². The van der Waals surface area contributed by atoms with Crippen LogP contribution in [-0.4, -0.2) is 18.2 Å². The Balaban J connectivity index is 1.92. The van der Waals surface area contributed by atoms with E-state index < -0.39 is 0 Å². The lowest BCUT2D eigenvalue weighted by Crippen LogP contribution is -2.25. The van der Waals surface area contributed by atoms with Gasteiger partial charge < -0.3 is 4.74 Å².